The van der Waals surface area contributed by atoms with Crippen molar-refractivity contribution < 1.29 is 4.92 Å². The molecule has 1 heterocycles. The van der Waals surface area contributed by atoms with Crippen LogP contribution in [-0.2, 0) is 6.42 Å². The van der Waals surface area contributed by atoms with Gasteiger partial charge in [-0.1, -0.05) is 33.1 Å². The van der Waals surface area contributed by atoms with E-state index < -0.39 is 4.92 Å². The Bertz CT molecular complexity index is 414. The first-order valence-electron chi connectivity index (χ1n) is 6.80. The van der Waals surface area contributed by atoms with Crippen LogP contribution in [0, 0.1) is 16.0 Å². The number of anilines is 1. The molecule has 5 nitrogen and oxygen atoms in total. The van der Waals surface area contributed by atoms with Crippen molar-refractivity contribution in [3.05, 3.63) is 15.0 Å². The van der Waals surface area contributed by atoms with Gasteiger partial charge in [0.25, 0.3) is 5.82 Å². The zero-order valence-electron chi connectivity index (χ0n) is 12.2. The lowest BCUT2D eigenvalue weighted by Crippen LogP contribution is -2.11. The lowest BCUT2D eigenvalue weighted by Gasteiger charge is -2.11. The normalized spacial score (nSPS) is 11.0. The quantitative estimate of drug-likeness (QED) is 0.537. The Kier molecular flexibility index (Phi) is 6.21. The summed E-state index contributed by atoms with van der Waals surface area (Å²) in [5, 5.41) is 10.8. The maximum Gasteiger partial charge on any atom is 0.425 e. The Labute approximate surface area is 118 Å². The molecule has 108 valence electrons. The average Bonchev–Trinajstić information content (AvgIpc) is 2.79. The summed E-state index contributed by atoms with van der Waals surface area (Å²) >= 11 is 1.21. The largest absolute Gasteiger partial charge is 0.425 e. The minimum atomic E-state index is -0.401. The Morgan fingerprint density at radius 2 is 2.00 bits per heavy atom. The summed E-state index contributed by atoms with van der Waals surface area (Å²) in [6.07, 6.45) is 5.56. The van der Waals surface area contributed by atoms with Gasteiger partial charge < -0.3 is 15.0 Å². The van der Waals surface area contributed by atoms with Gasteiger partial charge in [-0.2, -0.15) is 0 Å². The van der Waals surface area contributed by atoms with Crippen LogP contribution in [0.15, 0.2) is 0 Å². The van der Waals surface area contributed by atoms with Gasteiger partial charge in [-0.25, -0.2) is 0 Å². The first-order valence-corrected chi connectivity index (χ1v) is 7.62. The SMILES string of the molecule is CCC(CC)CCCc1sc([N+](=O)[O-])nc1N(C)C. The van der Waals surface area contributed by atoms with E-state index in [1.165, 1.54) is 30.6 Å². The van der Waals surface area contributed by atoms with Crippen LogP contribution < -0.4 is 4.90 Å². The van der Waals surface area contributed by atoms with Crippen LogP contribution in [0.1, 0.15) is 44.4 Å². The van der Waals surface area contributed by atoms with Crippen LogP contribution in [-0.4, -0.2) is 24.0 Å². The predicted octanol–water partition coefficient (Wildman–Crippen LogP) is 3.88. The zero-order chi connectivity index (χ0) is 14.4. The topological polar surface area (TPSA) is 59.3 Å². The maximum absolute atomic E-state index is 10.8. The molecule has 0 N–H and O–H groups in total. The molecule has 1 rings (SSSR count). The molecule has 0 radical (unpaired) electrons. The maximum atomic E-state index is 10.8. The molecule has 0 unspecified atom stereocenters. The summed E-state index contributed by atoms with van der Waals surface area (Å²) in [6.45, 7) is 4.44. The molecule has 0 saturated heterocycles. The van der Waals surface area contributed by atoms with Gasteiger partial charge >= 0.3 is 5.13 Å². The highest BCUT2D eigenvalue weighted by atomic mass is 32.1. The highest BCUT2D eigenvalue weighted by Gasteiger charge is 2.22. The van der Waals surface area contributed by atoms with Gasteiger partial charge in [0, 0.05) is 14.1 Å². The Hall–Kier alpha value is -1.17. The third kappa shape index (κ3) is 4.45. The summed E-state index contributed by atoms with van der Waals surface area (Å²) in [7, 11) is 3.76. The molecule has 0 atom stereocenters. The highest BCUT2D eigenvalue weighted by molar-refractivity contribution is 7.15. The summed E-state index contributed by atoms with van der Waals surface area (Å²) in [5.41, 5.74) is 0. The van der Waals surface area contributed by atoms with E-state index in [-0.39, 0.29) is 5.13 Å². The molecule has 0 aliphatic rings. The van der Waals surface area contributed by atoms with E-state index in [4.69, 9.17) is 0 Å². The van der Waals surface area contributed by atoms with E-state index in [1.54, 1.807) is 0 Å². The number of nitro groups is 1. The van der Waals surface area contributed by atoms with Crippen molar-refractivity contribution in [1.82, 2.24) is 4.98 Å². The van der Waals surface area contributed by atoms with Gasteiger partial charge in [0.15, 0.2) is 0 Å². The van der Waals surface area contributed by atoms with Crippen molar-refractivity contribution in [2.75, 3.05) is 19.0 Å². The van der Waals surface area contributed by atoms with Crippen LogP contribution in [0.25, 0.3) is 0 Å². The Balaban J connectivity index is 2.68. The number of nitrogens with zero attached hydrogens (tertiary/aromatic N) is 3. The molecular formula is C13H23N3O2S. The van der Waals surface area contributed by atoms with Gasteiger partial charge in [0.1, 0.15) is 0 Å². The van der Waals surface area contributed by atoms with Crippen LogP contribution in [0.4, 0.5) is 10.9 Å². The van der Waals surface area contributed by atoms with Crippen LogP contribution in [0.5, 0.6) is 0 Å². The standard InChI is InChI=1S/C13H23N3O2S/c1-5-10(6-2)8-7-9-11-12(15(3)4)14-13(19-11)16(17)18/h10H,5-9H2,1-4H3. The molecule has 0 amide bonds. The van der Waals surface area contributed by atoms with E-state index in [0.717, 1.165) is 29.5 Å². The average molecular weight is 285 g/mol. The molecule has 0 aliphatic carbocycles. The van der Waals surface area contributed by atoms with Crippen molar-refractivity contribution in [2.24, 2.45) is 5.92 Å². The number of hydrogen-bond donors (Lipinski definition) is 0. The van der Waals surface area contributed by atoms with Crippen molar-refractivity contribution >= 4 is 22.3 Å². The highest BCUT2D eigenvalue weighted by Crippen LogP contribution is 2.32. The summed E-state index contributed by atoms with van der Waals surface area (Å²) in [6, 6.07) is 0. The summed E-state index contributed by atoms with van der Waals surface area (Å²) in [4.78, 5) is 17.4. The lowest BCUT2D eigenvalue weighted by molar-refractivity contribution is -0.384. The predicted molar refractivity (Wildman–Crippen MR) is 80.1 cm³/mol. The fourth-order valence-corrected chi connectivity index (χ4v) is 3.16. The number of aromatic nitrogens is 1. The molecule has 0 aliphatic heterocycles. The number of thiazole rings is 1. The van der Waals surface area contributed by atoms with E-state index in [9.17, 15) is 10.1 Å². The molecule has 6 heteroatoms. The Morgan fingerprint density at radius 1 is 1.37 bits per heavy atom. The third-order valence-corrected chi connectivity index (χ3v) is 4.47. The van der Waals surface area contributed by atoms with E-state index in [0.29, 0.717) is 0 Å². The van der Waals surface area contributed by atoms with E-state index in [1.807, 2.05) is 19.0 Å². The first-order chi connectivity index (χ1) is 8.99. The van der Waals surface area contributed by atoms with Crippen molar-refractivity contribution in [3.63, 3.8) is 0 Å². The van der Waals surface area contributed by atoms with E-state index >= 15 is 0 Å². The second-order valence-corrected chi connectivity index (χ2v) is 6.03. The van der Waals surface area contributed by atoms with Gasteiger partial charge in [-0.3, -0.25) is 0 Å². The number of rotatable bonds is 8. The van der Waals surface area contributed by atoms with Crippen LogP contribution >= 0.6 is 11.3 Å². The van der Waals surface area contributed by atoms with Crippen molar-refractivity contribution in [3.8, 4) is 0 Å². The molecule has 0 saturated carbocycles. The fourth-order valence-electron chi connectivity index (χ4n) is 2.17. The second kappa shape index (κ2) is 7.43. The van der Waals surface area contributed by atoms with Gasteiger partial charge in [0.2, 0.25) is 0 Å². The van der Waals surface area contributed by atoms with Crippen molar-refractivity contribution in [2.45, 2.75) is 46.0 Å². The molecular weight excluding hydrogens is 262 g/mol. The molecule has 0 spiro atoms. The summed E-state index contributed by atoms with van der Waals surface area (Å²) in [5.74, 6) is 1.52. The minimum Gasteiger partial charge on any atom is -0.357 e. The fraction of sp³-hybridized carbons (Fsp3) is 0.769. The molecule has 0 bridgehead atoms. The van der Waals surface area contributed by atoms with Gasteiger partial charge in [0.05, 0.1) is 4.88 Å². The van der Waals surface area contributed by atoms with Gasteiger partial charge in [-0.05, 0) is 40.0 Å². The number of aryl methyl sites for hydroxylation is 1. The number of hydrogen-bond acceptors (Lipinski definition) is 5. The van der Waals surface area contributed by atoms with Gasteiger partial charge in [-0.15, -0.1) is 0 Å². The molecule has 1 aromatic rings. The molecule has 0 aromatic carbocycles. The minimum absolute atomic E-state index is 0.00114. The monoisotopic (exact) mass is 285 g/mol. The van der Waals surface area contributed by atoms with Crippen LogP contribution in [0.3, 0.4) is 0 Å². The first kappa shape index (κ1) is 15.9. The molecule has 1 aromatic heterocycles. The van der Waals surface area contributed by atoms with Crippen molar-refractivity contribution in [1.29, 1.82) is 0 Å². The smallest absolute Gasteiger partial charge is 0.357 e. The third-order valence-electron chi connectivity index (χ3n) is 3.42. The van der Waals surface area contributed by atoms with Crippen LogP contribution in [0.2, 0.25) is 0 Å². The summed E-state index contributed by atoms with van der Waals surface area (Å²) < 4.78 is 0. The molecule has 19 heavy (non-hydrogen) atoms. The zero-order valence-corrected chi connectivity index (χ0v) is 13.0. The van der Waals surface area contributed by atoms with E-state index in [2.05, 4.69) is 18.8 Å². The Morgan fingerprint density at radius 3 is 2.47 bits per heavy atom. The second-order valence-electron chi connectivity index (χ2n) is 4.97. The molecule has 0 fully saturated rings. The lowest BCUT2D eigenvalue weighted by atomic mass is 9.96.